The lowest BCUT2D eigenvalue weighted by molar-refractivity contribution is -0.128. The second-order valence-electron chi connectivity index (χ2n) is 7.41. The van der Waals surface area contributed by atoms with Gasteiger partial charge in [0.1, 0.15) is 12.4 Å². The molecule has 1 unspecified atom stereocenters. The number of carbonyl (C=O) groups is 2. The third kappa shape index (κ3) is 4.86. The highest BCUT2D eigenvalue weighted by Crippen LogP contribution is 2.27. The number of amides is 2. The van der Waals surface area contributed by atoms with Crippen LogP contribution in [-0.2, 0) is 22.7 Å². The predicted octanol–water partition coefficient (Wildman–Crippen LogP) is 4.02. The molecular formula is C23H23N3O3S. The van der Waals surface area contributed by atoms with Crippen molar-refractivity contribution in [2.75, 3.05) is 11.9 Å². The lowest BCUT2D eigenvalue weighted by Crippen LogP contribution is -2.28. The van der Waals surface area contributed by atoms with E-state index in [2.05, 4.69) is 10.3 Å². The molecule has 6 nitrogen and oxygen atoms in total. The van der Waals surface area contributed by atoms with Gasteiger partial charge in [-0.3, -0.25) is 9.59 Å². The van der Waals surface area contributed by atoms with Gasteiger partial charge in [-0.1, -0.05) is 42.0 Å². The molecule has 1 fully saturated rings. The van der Waals surface area contributed by atoms with Crippen molar-refractivity contribution < 1.29 is 14.3 Å². The molecule has 0 aliphatic carbocycles. The second kappa shape index (κ2) is 9.09. The number of para-hydroxylation sites is 2. The quantitative estimate of drug-likeness (QED) is 0.626. The zero-order chi connectivity index (χ0) is 20.9. The van der Waals surface area contributed by atoms with Gasteiger partial charge in [-0.15, -0.1) is 11.3 Å². The van der Waals surface area contributed by atoms with Crippen molar-refractivity contribution in [2.45, 2.75) is 26.5 Å². The maximum absolute atomic E-state index is 12.8. The average molecular weight is 422 g/mol. The number of aromatic nitrogens is 1. The predicted molar refractivity (Wildman–Crippen MR) is 116 cm³/mol. The number of ether oxygens (including phenoxy) is 1. The summed E-state index contributed by atoms with van der Waals surface area (Å²) in [6.45, 7) is 3.31. The summed E-state index contributed by atoms with van der Waals surface area (Å²) in [6.07, 6.45) is 0.222. The normalized spacial score (nSPS) is 16.0. The molecule has 2 aromatic carbocycles. The Balaban J connectivity index is 1.37. The number of likely N-dealkylation sites (tertiary alicyclic amines) is 1. The van der Waals surface area contributed by atoms with Gasteiger partial charge < -0.3 is 15.0 Å². The van der Waals surface area contributed by atoms with Gasteiger partial charge in [0.2, 0.25) is 11.8 Å². The molecule has 154 valence electrons. The Kier molecular flexibility index (Phi) is 6.09. The molecule has 1 aliphatic heterocycles. The van der Waals surface area contributed by atoms with Crippen molar-refractivity contribution in [1.82, 2.24) is 9.88 Å². The Morgan fingerprint density at radius 3 is 2.80 bits per heavy atom. The highest BCUT2D eigenvalue weighted by molar-refractivity contribution is 7.07. The van der Waals surface area contributed by atoms with Gasteiger partial charge in [-0.2, -0.15) is 0 Å². The van der Waals surface area contributed by atoms with E-state index in [1.165, 1.54) is 16.9 Å². The van der Waals surface area contributed by atoms with Crippen LogP contribution < -0.4 is 10.1 Å². The van der Waals surface area contributed by atoms with E-state index in [0.717, 1.165) is 11.3 Å². The van der Waals surface area contributed by atoms with Crippen molar-refractivity contribution in [1.29, 1.82) is 0 Å². The molecule has 4 rings (SSSR count). The highest BCUT2D eigenvalue weighted by Gasteiger charge is 2.34. The minimum atomic E-state index is -0.380. The van der Waals surface area contributed by atoms with Crippen LogP contribution in [-0.4, -0.2) is 28.2 Å². The van der Waals surface area contributed by atoms with Gasteiger partial charge in [0.05, 0.1) is 22.8 Å². The van der Waals surface area contributed by atoms with E-state index in [1.807, 2.05) is 54.8 Å². The second-order valence-corrected chi connectivity index (χ2v) is 8.13. The average Bonchev–Trinajstić information content (AvgIpc) is 3.39. The van der Waals surface area contributed by atoms with Crippen molar-refractivity contribution in [3.8, 4) is 5.75 Å². The summed E-state index contributed by atoms with van der Waals surface area (Å²) in [6, 6.07) is 15.4. The van der Waals surface area contributed by atoms with Crippen LogP contribution >= 0.6 is 11.3 Å². The number of nitrogens with zero attached hydrogens (tertiary/aromatic N) is 2. The molecule has 3 aromatic rings. The molecule has 2 heterocycles. The summed E-state index contributed by atoms with van der Waals surface area (Å²) in [5, 5.41) is 4.86. The molecule has 30 heavy (non-hydrogen) atoms. The largest absolute Gasteiger partial charge is 0.485 e. The smallest absolute Gasteiger partial charge is 0.229 e. The van der Waals surface area contributed by atoms with Gasteiger partial charge >= 0.3 is 0 Å². The number of carbonyl (C=O) groups excluding carboxylic acids is 2. The lowest BCUT2D eigenvalue weighted by atomic mass is 10.1. The van der Waals surface area contributed by atoms with Gasteiger partial charge in [0.15, 0.2) is 0 Å². The van der Waals surface area contributed by atoms with E-state index in [0.29, 0.717) is 31.1 Å². The molecule has 0 bridgehead atoms. The number of hydrogen-bond donors (Lipinski definition) is 1. The van der Waals surface area contributed by atoms with E-state index < -0.39 is 0 Å². The summed E-state index contributed by atoms with van der Waals surface area (Å²) in [7, 11) is 0. The number of aryl methyl sites for hydroxylation is 1. The number of hydrogen-bond acceptors (Lipinski definition) is 5. The summed E-state index contributed by atoms with van der Waals surface area (Å²) < 4.78 is 5.83. The Bertz CT molecular complexity index is 1020. The maximum Gasteiger partial charge on any atom is 0.229 e. The molecule has 1 N–H and O–H groups in total. The molecule has 0 radical (unpaired) electrons. The molecule has 1 aromatic heterocycles. The minimum absolute atomic E-state index is 0.00351. The SMILES string of the molecule is Cc1ccc(CN2CC(C(=O)Nc3ccccc3OCc3cscn3)CC2=O)cc1. The third-order valence-electron chi connectivity index (χ3n) is 5.08. The molecule has 1 saturated heterocycles. The zero-order valence-electron chi connectivity index (χ0n) is 16.7. The van der Waals surface area contributed by atoms with Crippen molar-refractivity contribution >= 4 is 28.8 Å². The van der Waals surface area contributed by atoms with Gasteiger partial charge in [0.25, 0.3) is 0 Å². The van der Waals surface area contributed by atoms with Gasteiger partial charge in [-0.05, 0) is 24.6 Å². The molecule has 7 heteroatoms. The third-order valence-corrected chi connectivity index (χ3v) is 5.72. The summed E-state index contributed by atoms with van der Waals surface area (Å²) in [4.78, 5) is 31.2. The van der Waals surface area contributed by atoms with E-state index in [-0.39, 0.29) is 24.2 Å². The van der Waals surface area contributed by atoms with Crippen LogP contribution in [0, 0.1) is 12.8 Å². The van der Waals surface area contributed by atoms with Crippen molar-refractivity contribution in [3.05, 3.63) is 76.2 Å². The van der Waals surface area contributed by atoms with E-state index >= 15 is 0 Å². The van der Waals surface area contributed by atoms with Gasteiger partial charge in [-0.25, -0.2) is 4.98 Å². The summed E-state index contributed by atoms with van der Waals surface area (Å²) >= 11 is 1.51. The topological polar surface area (TPSA) is 71.5 Å². The highest BCUT2D eigenvalue weighted by atomic mass is 32.1. The molecule has 2 amide bonds. The van der Waals surface area contributed by atoms with E-state index in [9.17, 15) is 9.59 Å². The van der Waals surface area contributed by atoms with Crippen LogP contribution in [0.15, 0.2) is 59.4 Å². The molecule has 0 spiro atoms. The fraction of sp³-hybridized carbons (Fsp3) is 0.261. The lowest BCUT2D eigenvalue weighted by Gasteiger charge is -2.17. The van der Waals surface area contributed by atoms with Crippen molar-refractivity contribution in [3.63, 3.8) is 0 Å². The minimum Gasteiger partial charge on any atom is -0.485 e. The first-order chi connectivity index (χ1) is 14.6. The Morgan fingerprint density at radius 1 is 1.23 bits per heavy atom. The number of thiazole rings is 1. The van der Waals surface area contributed by atoms with Crippen LogP contribution in [0.1, 0.15) is 23.2 Å². The fourth-order valence-electron chi connectivity index (χ4n) is 3.41. The molecule has 0 saturated carbocycles. The summed E-state index contributed by atoms with van der Waals surface area (Å²) in [5.41, 5.74) is 5.44. The molecule has 1 atom stereocenters. The van der Waals surface area contributed by atoms with Crippen LogP contribution in [0.5, 0.6) is 5.75 Å². The van der Waals surface area contributed by atoms with E-state index in [1.54, 1.807) is 16.5 Å². The van der Waals surface area contributed by atoms with Crippen LogP contribution in [0.25, 0.3) is 0 Å². The monoisotopic (exact) mass is 421 g/mol. The molecule has 1 aliphatic rings. The fourth-order valence-corrected chi connectivity index (χ4v) is 3.95. The molecular weight excluding hydrogens is 398 g/mol. The number of anilines is 1. The standard InChI is InChI=1S/C23H23N3O3S/c1-16-6-8-17(9-7-16)11-26-12-18(10-22(26)27)23(28)25-20-4-2-3-5-21(20)29-13-19-14-30-15-24-19/h2-9,14-15,18H,10-13H2,1H3,(H,25,28). The first kappa shape index (κ1) is 20.1. The number of benzene rings is 2. The van der Waals surface area contributed by atoms with Crippen molar-refractivity contribution in [2.24, 2.45) is 5.92 Å². The Morgan fingerprint density at radius 2 is 2.03 bits per heavy atom. The van der Waals surface area contributed by atoms with E-state index in [4.69, 9.17) is 4.74 Å². The van der Waals surface area contributed by atoms with Gasteiger partial charge in [0, 0.05) is 24.9 Å². The van der Waals surface area contributed by atoms with Crippen LogP contribution in [0.3, 0.4) is 0 Å². The number of nitrogens with one attached hydrogen (secondary N) is 1. The first-order valence-electron chi connectivity index (χ1n) is 9.81. The summed E-state index contributed by atoms with van der Waals surface area (Å²) in [5.74, 6) is 0.0393. The van der Waals surface area contributed by atoms with Crippen LogP contribution in [0.2, 0.25) is 0 Å². The Labute approximate surface area is 179 Å². The maximum atomic E-state index is 12.8. The Hall–Kier alpha value is -3.19. The zero-order valence-corrected chi connectivity index (χ0v) is 17.5. The number of rotatable bonds is 7. The van der Waals surface area contributed by atoms with Crippen LogP contribution in [0.4, 0.5) is 5.69 Å². The first-order valence-corrected chi connectivity index (χ1v) is 10.8.